The second kappa shape index (κ2) is 9.70. The van der Waals surface area contributed by atoms with Gasteiger partial charge in [-0.3, -0.25) is 4.79 Å². The van der Waals surface area contributed by atoms with Crippen LogP contribution in [0, 0.1) is 5.41 Å². The van der Waals surface area contributed by atoms with Gasteiger partial charge in [0.05, 0.1) is 0 Å². The molecule has 8 nitrogen and oxygen atoms in total. The van der Waals surface area contributed by atoms with Crippen LogP contribution in [0.1, 0.15) is 37.3 Å². The van der Waals surface area contributed by atoms with Crippen LogP contribution in [-0.4, -0.2) is 78.8 Å². The number of hydrogen-bond donors (Lipinski definition) is 2. The number of carbonyl (C=O) groups excluding carboxylic acids is 2. The third-order valence-electron chi connectivity index (χ3n) is 7.05. The number of carboxylic acid groups (broad SMARTS) is 1. The number of alkyl carbamates (subject to hydrolysis) is 1. The number of hydrogen-bond acceptors (Lipinski definition) is 5. The fourth-order valence-corrected chi connectivity index (χ4v) is 5.33. The van der Waals surface area contributed by atoms with E-state index in [0.29, 0.717) is 13.0 Å². The van der Waals surface area contributed by atoms with Gasteiger partial charge in [-0.1, -0.05) is 62.4 Å². The van der Waals surface area contributed by atoms with E-state index >= 15 is 0 Å². The van der Waals surface area contributed by atoms with Crippen LogP contribution < -0.4 is 5.32 Å². The largest absolute Gasteiger partial charge is 0.480 e. The molecule has 2 atom stereocenters. The Hall–Kier alpha value is -3.39. The summed E-state index contributed by atoms with van der Waals surface area (Å²) in [4.78, 5) is 41.3. The average molecular weight is 480 g/mol. The molecule has 1 aliphatic carbocycles. The SMILES string of the molecule is CN(C)C[C@H](NC(=O)OCC1c2ccccc2-c2ccccc21)C(=O)N1CCC(C)(C)C1C(=O)O. The number of ether oxygens (including phenoxy) is 1. The van der Waals surface area contributed by atoms with E-state index in [1.807, 2.05) is 50.2 Å². The lowest BCUT2D eigenvalue weighted by Crippen LogP contribution is -2.56. The summed E-state index contributed by atoms with van der Waals surface area (Å²) in [5.41, 5.74) is 3.92. The predicted molar refractivity (Wildman–Crippen MR) is 132 cm³/mol. The number of benzene rings is 2. The van der Waals surface area contributed by atoms with E-state index in [0.717, 1.165) is 22.3 Å². The molecule has 0 saturated carbocycles. The van der Waals surface area contributed by atoms with Crippen molar-refractivity contribution in [1.82, 2.24) is 15.1 Å². The first kappa shape index (κ1) is 24.7. The Balaban J connectivity index is 1.46. The Kier molecular flexibility index (Phi) is 6.85. The highest BCUT2D eigenvalue weighted by molar-refractivity contribution is 5.90. The third kappa shape index (κ3) is 4.89. The molecule has 2 N–H and O–H groups in total. The molecule has 1 heterocycles. The minimum absolute atomic E-state index is 0.0908. The van der Waals surface area contributed by atoms with Gasteiger partial charge in [-0.2, -0.15) is 0 Å². The van der Waals surface area contributed by atoms with Gasteiger partial charge in [0.25, 0.3) is 0 Å². The van der Waals surface area contributed by atoms with Crippen LogP contribution in [-0.2, 0) is 14.3 Å². The van der Waals surface area contributed by atoms with Crippen LogP contribution in [0.25, 0.3) is 11.1 Å². The van der Waals surface area contributed by atoms with E-state index in [1.54, 1.807) is 19.0 Å². The molecule has 1 saturated heterocycles. The van der Waals surface area contributed by atoms with Crippen LogP contribution in [0.5, 0.6) is 0 Å². The number of aliphatic carboxylic acids is 1. The second-order valence-corrected chi connectivity index (χ2v) is 10.3. The zero-order valence-electron chi connectivity index (χ0n) is 20.7. The molecule has 0 bridgehead atoms. The minimum atomic E-state index is -1.04. The molecule has 8 heteroatoms. The average Bonchev–Trinajstić information content (AvgIpc) is 3.30. The number of rotatable bonds is 7. The molecule has 1 unspecified atom stereocenters. The number of fused-ring (bicyclic) bond motifs is 3. The van der Waals surface area contributed by atoms with Crippen LogP contribution >= 0.6 is 0 Å². The molecule has 0 radical (unpaired) electrons. The zero-order chi connectivity index (χ0) is 25.3. The number of likely N-dealkylation sites (tertiary alicyclic amines) is 1. The topological polar surface area (TPSA) is 99.2 Å². The van der Waals surface area contributed by atoms with E-state index in [1.165, 1.54) is 4.90 Å². The summed E-state index contributed by atoms with van der Waals surface area (Å²) in [6, 6.07) is 14.3. The highest BCUT2D eigenvalue weighted by Crippen LogP contribution is 2.44. The van der Waals surface area contributed by atoms with Crippen LogP contribution in [0.15, 0.2) is 48.5 Å². The van der Waals surface area contributed by atoms with Gasteiger partial charge in [-0.25, -0.2) is 9.59 Å². The highest BCUT2D eigenvalue weighted by Gasteiger charge is 2.48. The summed E-state index contributed by atoms with van der Waals surface area (Å²) in [7, 11) is 3.59. The zero-order valence-corrected chi connectivity index (χ0v) is 20.7. The van der Waals surface area contributed by atoms with E-state index in [-0.39, 0.29) is 19.1 Å². The molecule has 0 spiro atoms. The maximum atomic E-state index is 13.4. The number of nitrogens with one attached hydrogen (secondary N) is 1. The first-order valence-corrected chi connectivity index (χ1v) is 11.9. The Morgan fingerprint density at radius 1 is 1.09 bits per heavy atom. The van der Waals surface area contributed by atoms with E-state index in [4.69, 9.17) is 4.74 Å². The lowest BCUT2D eigenvalue weighted by Gasteiger charge is -2.32. The highest BCUT2D eigenvalue weighted by atomic mass is 16.5. The van der Waals surface area contributed by atoms with E-state index in [2.05, 4.69) is 17.4 Å². The molecule has 35 heavy (non-hydrogen) atoms. The van der Waals surface area contributed by atoms with E-state index in [9.17, 15) is 19.5 Å². The molecule has 2 aromatic rings. The van der Waals surface area contributed by atoms with Gasteiger partial charge in [0.15, 0.2) is 0 Å². The lowest BCUT2D eigenvalue weighted by molar-refractivity contribution is -0.152. The molecule has 186 valence electrons. The summed E-state index contributed by atoms with van der Waals surface area (Å²) in [6.45, 7) is 4.39. The Bertz CT molecular complexity index is 1080. The van der Waals surface area contributed by atoms with Crippen molar-refractivity contribution >= 4 is 18.0 Å². The van der Waals surface area contributed by atoms with Crippen molar-refractivity contribution in [1.29, 1.82) is 0 Å². The predicted octanol–water partition coefficient (Wildman–Crippen LogP) is 3.17. The van der Waals surface area contributed by atoms with Crippen molar-refractivity contribution < 1.29 is 24.2 Å². The fraction of sp³-hybridized carbons (Fsp3) is 0.444. The molecule has 2 aromatic carbocycles. The van der Waals surface area contributed by atoms with Crippen LogP contribution in [0.3, 0.4) is 0 Å². The van der Waals surface area contributed by atoms with Crippen molar-refractivity contribution in [3.05, 3.63) is 59.7 Å². The van der Waals surface area contributed by atoms with Gasteiger partial charge in [-0.05, 0) is 48.2 Å². The van der Waals surface area contributed by atoms with Crippen molar-refractivity contribution in [2.75, 3.05) is 33.8 Å². The lowest BCUT2D eigenvalue weighted by atomic mass is 9.85. The quantitative estimate of drug-likeness (QED) is 0.633. The first-order chi connectivity index (χ1) is 16.6. The number of nitrogens with zero attached hydrogens (tertiary/aromatic N) is 2. The first-order valence-electron chi connectivity index (χ1n) is 11.9. The molecule has 0 aromatic heterocycles. The standard InChI is InChI=1S/C27H33N3O5/c1-27(2)13-14-30(23(27)25(32)33)24(31)22(15-29(3)4)28-26(34)35-16-21-19-11-7-5-9-17(19)18-10-6-8-12-20(18)21/h5-12,21-23H,13-16H2,1-4H3,(H,28,34)(H,32,33)/t22-,23?/m0/s1. The van der Waals surface area contributed by atoms with Crippen LogP contribution in [0.4, 0.5) is 4.79 Å². The third-order valence-corrected chi connectivity index (χ3v) is 7.05. The Morgan fingerprint density at radius 2 is 1.66 bits per heavy atom. The summed E-state index contributed by atoms with van der Waals surface area (Å²) in [5, 5.41) is 12.5. The smallest absolute Gasteiger partial charge is 0.407 e. The van der Waals surface area contributed by atoms with Crippen LogP contribution in [0.2, 0.25) is 0 Å². The Morgan fingerprint density at radius 3 is 2.20 bits per heavy atom. The number of amides is 2. The number of likely N-dealkylation sites (N-methyl/N-ethyl adjacent to an activating group) is 1. The summed E-state index contributed by atoms with van der Waals surface area (Å²) >= 11 is 0. The van der Waals surface area contributed by atoms with E-state index < -0.39 is 35.5 Å². The maximum absolute atomic E-state index is 13.4. The normalized spacial score (nSPS) is 19.2. The fourth-order valence-electron chi connectivity index (χ4n) is 5.33. The van der Waals surface area contributed by atoms with Gasteiger partial charge < -0.3 is 25.0 Å². The van der Waals surface area contributed by atoms with Crippen molar-refractivity contribution in [2.24, 2.45) is 5.41 Å². The Labute approximate surface area is 205 Å². The summed E-state index contributed by atoms with van der Waals surface area (Å²) in [5.74, 6) is -1.54. The molecule has 1 aliphatic heterocycles. The second-order valence-electron chi connectivity index (χ2n) is 10.3. The number of carboxylic acids is 1. The molecule has 2 aliphatic rings. The summed E-state index contributed by atoms with van der Waals surface area (Å²) in [6.07, 6.45) is -0.118. The minimum Gasteiger partial charge on any atom is -0.480 e. The van der Waals surface area contributed by atoms with Gasteiger partial charge in [-0.15, -0.1) is 0 Å². The van der Waals surface area contributed by atoms with Gasteiger partial charge in [0, 0.05) is 19.0 Å². The van der Waals surface area contributed by atoms with Crippen molar-refractivity contribution in [3.8, 4) is 11.1 Å². The molecular formula is C27H33N3O5. The van der Waals surface area contributed by atoms with Crippen molar-refractivity contribution in [2.45, 2.75) is 38.3 Å². The van der Waals surface area contributed by atoms with Gasteiger partial charge in [0.1, 0.15) is 18.7 Å². The van der Waals surface area contributed by atoms with Gasteiger partial charge >= 0.3 is 12.1 Å². The molecular weight excluding hydrogens is 446 g/mol. The maximum Gasteiger partial charge on any atom is 0.407 e. The molecule has 4 rings (SSSR count). The monoisotopic (exact) mass is 479 g/mol. The number of carbonyl (C=O) groups is 3. The van der Waals surface area contributed by atoms with Gasteiger partial charge in [0.2, 0.25) is 5.91 Å². The summed E-state index contributed by atoms with van der Waals surface area (Å²) < 4.78 is 5.62. The molecule has 1 fully saturated rings. The van der Waals surface area contributed by atoms with Crippen molar-refractivity contribution in [3.63, 3.8) is 0 Å². The molecule has 2 amide bonds.